The summed E-state index contributed by atoms with van der Waals surface area (Å²) in [5.41, 5.74) is 1.06. The average molecular weight is 278 g/mol. The molecule has 0 radical (unpaired) electrons. The molecular weight excluding hydrogens is 260 g/mol. The van der Waals surface area contributed by atoms with E-state index in [1.807, 2.05) is 52.0 Å². The molecule has 1 saturated heterocycles. The van der Waals surface area contributed by atoms with Crippen LogP contribution in [0.3, 0.4) is 0 Å². The minimum absolute atomic E-state index is 0.363. The summed E-state index contributed by atoms with van der Waals surface area (Å²) in [5.74, 6) is 0. The van der Waals surface area contributed by atoms with Gasteiger partial charge in [0.15, 0.2) is 0 Å². The van der Waals surface area contributed by atoms with E-state index in [1.54, 1.807) is 0 Å². The highest BCUT2D eigenvalue weighted by molar-refractivity contribution is 6.66. The number of para-hydroxylation sites is 1. The van der Waals surface area contributed by atoms with Crippen molar-refractivity contribution in [2.75, 3.05) is 0 Å². The van der Waals surface area contributed by atoms with Crippen LogP contribution in [0, 0.1) is 0 Å². The molecule has 0 atom stereocenters. The normalized spacial score (nSPS) is 21.2. The lowest BCUT2D eigenvalue weighted by Gasteiger charge is -2.32. The molecule has 2 aromatic rings. The summed E-state index contributed by atoms with van der Waals surface area (Å²) in [6.45, 7) is 8.13. The van der Waals surface area contributed by atoms with Crippen molar-refractivity contribution in [3.05, 3.63) is 29.3 Å². The molecule has 0 aliphatic carbocycles. The van der Waals surface area contributed by atoms with Crippen LogP contribution in [0.2, 0.25) is 5.02 Å². The Kier molecular flexibility index (Phi) is 2.75. The molecule has 3 nitrogen and oxygen atoms in total. The number of nitrogens with one attached hydrogen (secondary N) is 1. The first-order valence-corrected chi connectivity index (χ1v) is 6.81. The van der Waals surface area contributed by atoms with Crippen molar-refractivity contribution >= 4 is 35.2 Å². The molecule has 1 N–H and O–H groups in total. The van der Waals surface area contributed by atoms with Gasteiger partial charge < -0.3 is 14.3 Å². The monoisotopic (exact) mass is 277 g/mol. The van der Waals surface area contributed by atoms with Crippen molar-refractivity contribution in [2.24, 2.45) is 0 Å². The molecule has 0 saturated carbocycles. The van der Waals surface area contributed by atoms with Crippen LogP contribution in [0.5, 0.6) is 0 Å². The third-order valence-electron chi connectivity index (χ3n) is 4.16. The first-order valence-electron chi connectivity index (χ1n) is 6.43. The zero-order chi connectivity index (χ0) is 13.8. The number of benzene rings is 1. The van der Waals surface area contributed by atoms with Crippen molar-refractivity contribution in [2.45, 2.75) is 38.9 Å². The smallest absolute Gasteiger partial charge is 0.398 e. The van der Waals surface area contributed by atoms with Gasteiger partial charge in [0.2, 0.25) is 0 Å². The summed E-state index contributed by atoms with van der Waals surface area (Å²) < 4.78 is 12.0. The second kappa shape index (κ2) is 4.01. The molecule has 2 heterocycles. The maximum absolute atomic E-state index is 6.43. The topological polar surface area (TPSA) is 34.2 Å². The van der Waals surface area contributed by atoms with E-state index >= 15 is 0 Å². The second-order valence-corrected chi connectivity index (χ2v) is 6.36. The number of H-pyrrole nitrogens is 1. The van der Waals surface area contributed by atoms with Gasteiger partial charge in [-0.1, -0.05) is 29.8 Å². The zero-order valence-electron chi connectivity index (χ0n) is 11.6. The first kappa shape index (κ1) is 13.0. The van der Waals surface area contributed by atoms with E-state index in [-0.39, 0.29) is 11.2 Å². The third-order valence-corrected chi connectivity index (χ3v) is 4.57. The van der Waals surface area contributed by atoms with E-state index in [2.05, 4.69) is 4.98 Å². The van der Waals surface area contributed by atoms with Gasteiger partial charge in [-0.3, -0.25) is 0 Å². The molecule has 5 heteroatoms. The summed E-state index contributed by atoms with van der Waals surface area (Å²) in [7, 11) is -0.454. The van der Waals surface area contributed by atoms with Crippen molar-refractivity contribution < 1.29 is 9.31 Å². The van der Waals surface area contributed by atoms with E-state index in [0.717, 1.165) is 16.5 Å². The lowest BCUT2D eigenvalue weighted by Crippen LogP contribution is -2.41. The minimum atomic E-state index is -0.454. The number of aromatic nitrogens is 1. The fraction of sp³-hybridized carbons (Fsp3) is 0.429. The maximum Gasteiger partial charge on any atom is 0.513 e. The first-order chi connectivity index (χ1) is 8.82. The van der Waals surface area contributed by atoms with Gasteiger partial charge in [0.05, 0.1) is 21.8 Å². The van der Waals surface area contributed by atoms with E-state index in [0.29, 0.717) is 5.02 Å². The number of fused-ring (bicyclic) bond motifs is 1. The predicted octanol–water partition coefficient (Wildman–Crippen LogP) is 3.12. The average Bonchev–Trinajstić information content (AvgIpc) is 2.76. The van der Waals surface area contributed by atoms with Gasteiger partial charge in [-0.15, -0.1) is 0 Å². The Morgan fingerprint density at radius 2 is 1.63 bits per heavy atom. The lowest BCUT2D eigenvalue weighted by atomic mass is 9.85. The van der Waals surface area contributed by atoms with Gasteiger partial charge in [0.25, 0.3) is 0 Å². The van der Waals surface area contributed by atoms with Crippen LogP contribution in [0.1, 0.15) is 27.7 Å². The number of hydrogen-bond donors (Lipinski definition) is 1. The maximum atomic E-state index is 6.43. The lowest BCUT2D eigenvalue weighted by molar-refractivity contribution is 0.00578. The van der Waals surface area contributed by atoms with E-state index in [1.165, 1.54) is 0 Å². The third kappa shape index (κ3) is 1.90. The number of hydrogen-bond acceptors (Lipinski definition) is 2. The molecule has 1 aromatic heterocycles. The molecule has 1 aromatic carbocycles. The predicted molar refractivity (Wildman–Crippen MR) is 79.0 cm³/mol. The molecule has 0 amide bonds. The van der Waals surface area contributed by atoms with Crippen molar-refractivity contribution in [1.29, 1.82) is 0 Å². The molecule has 0 spiro atoms. The fourth-order valence-corrected chi connectivity index (χ4v) is 2.55. The molecule has 19 heavy (non-hydrogen) atoms. The fourth-order valence-electron chi connectivity index (χ4n) is 2.25. The zero-order valence-corrected chi connectivity index (χ0v) is 12.3. The Morgan fingerprint density at radius 1 is 1.05 bits per heavy atom. The summed E-state index contributed by atoms with van der Waals surface area (Å²) in [6.07, 6.45) is 0. The largest absolute Gasteiger partial charge is 0.513 e. The second-order valence-electron chi connectivity index (χ2n) is 5.99. The van der Waals surface area contributed by atoms with Crippen molar-refractivity contribution in [3.8, 4) is 0 Å². The summed E-state index contributed by atoms with van der Waals surface area (Å²) in [6, 6.07) is 7.93. The highest BCUT2D eigenvalue weighted by atomic mass is 35.5. The van der Waals surface area contributed by atoms with E-state index < -0.39 is 7.12 Å². The molecule has 1 aliphatic heterocycles. The van der Waals surface area contributed by atoms with Gasteiger partial charge >= 0.3 is 7.12 Å². The van der Waals surface area contributed by atoms with Crippen LogP contribution < -0.4 is 5.59 Å². The van der Waals surface area contributed by atoms with E-state index in [4.69, 9.17) is 20.9 Å². The molecule has 100 valence electrons. The summed E-state index contributed by atoms with van der Waals surface area (Å²) in [5, 5.41) is 1.67. The van der Waals surface area contributed by atoms with Crippen LogP contribution >= 0.6 is 11.6 Å². The van der Waals surface area contributed by atoms with Crippen LogP contribution in [0.4, 0.5) is 0 Å². The van der Waals surface area contributed by atoms with Crippen LogP contribution in [0.25, 0.3) is 10.9 Å². The highest BCUT2D eigenvalue weighted by Gasteiger charge is 2.52. The Balaban J connectivity index is 2.05. The minimum Gasteiger partial charge on any atom is -0.398 e. The Bertz CT molecular complexity index is 619. The highest BCUT2D eigenvalue weighted by Crippen LogP contribution is 2.37. The summed E-state index contributed by atoms with van der Waals surface area (Å²) >= 11 is 6.43. The number of halogens is 1. The molecular formula is C14H17BClNO2. The van der Waals surface area contributed by atoms with Crippen molar-refractivity contribution in [3.63, 3.8) is 0 Å². The standard InChI is InChI=1S/C14H17BClNO2/c1-13(2)14(3,4)19-15(18-13)12-11(16)9-7-5-6-8-10(9)17-12/h5-8,17H,1-4H3. The number of rotatable bonds is 1. The molecule has 0 unspecified atom stereocenters. The molecule has 1 fully saturated rings. The molecule has 1 aliphatic rings. The van der Waals surface area contributed by atoms with E-state index in [9.17, 15) is 0 Å². The van der Waals surface area contributed by atoms with Gasteiger partial charge in [0, 0.05) is 10.9 Å². The SMILES string of the molecule is CC1(C)OB(c2[nH]c3ccccc3c2Cl)OC1(C)C. The Morgan fingerprint density at radius 3 is 2.21 bits per heavy atom. The van der Waals surface area contributed by atoms with Crippen molar-refractivity contribution in [1.82, 2.24) is 4.98 Å². The molecule has 0 bridgehead atoms. The van der Waals surface area contributed by atoms with Gasteiger partial charge in [-0.05, 0) is 33.8 Å². The molecule has 3 rings (SSSR count). The quantitative estimate of drug-likeness (QED) is 0.813. The number of aromatic amines is 1. The van der Waals surface area contributed by atoms with Crippen LogP contribution in [-0.2, 0) is 9.31 Å². The Labute approximate surface area is 118 Å². The van der Waals surface area contributed by atoms with Gasteiger partial charge in [0.1, 0.15) is 0 Å². The van der Waals surface area contributed by atoms with Crippen LogP contribution in [-0.4, -0.2) is 23.3 Å². The van der Waals surface area contributed by atoms with Crippen LogP contribution in [0.15, 0.2) is 24.3 Å². The van der Waals surface area contributed by atoms with Gasteiger partial charge in [-0.25, -0.2) is 0 Å². The Hall–Kier alpha value is -0.965. The summed E-state index contributed by atoms with van der Waals surface area (Å²) in [4.78, 5) is 3.30. The van der Waals surface area contributed by atoms with Gasteiger partial charge in [-0.2, -0.15) is 0 Å².